The topological polar surface area (TPSA) is 97.1 Å². The number of amides is 2. The summed E-state index contributed by atoms with van der Waals surface area (Å²) >= 11 is 1.13. The summed E-state index contributed by atoms with van der Waals surface area (Å²) < 4.78 is 5.61. The molecule has 0 bridgehead atoms. The summed E-state index contributed by atoms with van der Waals surface area (Å²) in [6, 6.07) is 25.8. The number of thioether (sulfide) groups is 1. The highest BCUT2D eigenvalue weighted by atomic mass is 32.2. The molecule has 0 saturated heterocycles. The molecular formula is C25H22N4O3S. The summed E-state index contributed by atoms with van der Waals surface area (Å²) in [6.07, 6.45) is 0. The van der Waals surface area contributed by atoms with Crippen molar-refractivity contribution in [2.45, 2.75) is 18.2 Å². The molecule has 0 spiro atoms. The third kappa shape index (κ3) is 5.87. The van der Waals surface area contributed by atoms with Crippen LogP contribution in [0.4, 0.5) is 5.69 Å². The Balaban J connectivity index is 1.36. The lowest BCUT2D eigenvalue weighted by Gasteiger charge is -2.16. The maximum Gasteiger partial charge on any atom is 0.277 e. The smallest absolute Gasteiger partial charge is 0.277 e. The van der Waals surface area contributed by atoms with E-state index in [9.17, 15) is 9.59 Å². The van der Waals surface area contributed by atoms with Crippen molar-refractivity contribution in [1.82, 2.24) is 15.5 Å². The Morgan fingerprint density at radius 1 is 0.909 bits per heavy atom. The maximum absolute atomic E-state index is 12.8. The molecule has 4 aromatic rings. The minimum absolute atomic E-state index is 0.0623. The molecule has 0 aliphatic rings. The van der Waals surface area contributed by atoms with Crippen LogP contribution in [0.2, 0.25) is 0 Å². The van der Waals surface area contributed by atoms with Gasteiger partial charge in [0.05, 0.1) is 23.0 Å². The summed E-state index contributed by atoms with van der Waals surface area (Å²) in [5.74, 6) is -0.0875. The molecule has 166 valence electrons. The van der Waals surface area contributed by atoms with Crippen LogP contribution in [0.1, 0.15) is 28.9 Å². The minimum atomic E-state index is -0.282. The third-order valence-corrected chi connectivity index (χ3v) is 5.67. The number of aromatic nitrogens is 2. The van der Waals surface area contributed by atoms with Crippen LogP contribution in [0, 0.1) is 0 Å². The lowest BCUT2D eigenvalue weighted by molar-refractivity contribution is -0.113. The molecule has 0 aliphatic carbocycles. The van der Waals surface area contributed by atoms with Gasteiger partial charge in [-0.15, -0.1) is 10.2 Å². The lowest BCUT2D eigenvalue weighted by atomic mass is 10.1. The average Bonchev–Trinajstić information content (AvgIpc) is 3.33. The fourth-order valence-corrected chi connectivity index (χ4v) is 3.73. The SMILES string of the molecule is CC(NC(=O)c1ccccc1NC(=O)CSc1nnc(-c2ccccc2)o1)c1ccccc1. The van der Waals surface area contributed by atoms with E-state index < -0.39 is 0 Å². The molecule has 0 radical (unpaired) electrons. The van der Waals surface area contributed by atoms with E-state index in [1.807, 2.05) is 67.6 Å². The van der Waals surface area contributed by atoms with Crippen molar-refractivity contribution >= 4 is 29.3 Å². The standard InChI is InChI=1S/C25H22N4O3S/c1-17(18-10-4-2-5-11-18)26-23(31)20-14-8-9-15-21(20)27-22(30)16-33-25-29-28-24(32-25)19-12-6-3-7-13-19/h2-15,17H,16H2,1H3,(H,26,31)(H,27,30). The predicted molar refractivity (Wildman–Crippen MR) is 128 cm³/mol. The molecule has 33 heavy (non-hydrogen) atoms. The number of rotatable bonds is 8. The average molecular weight is 459 g/mol. The molecule has 7 nitrogen and oxygen atoms in total. The Bertz CT molecular complexity index is 1230. The molecule has 2 amide bonds. The molecule has 8 heteroatoms. The Morgan fingerprint density at radius 3 is 2.33 bits per heavy atom. The van der Waals surface area contributed by atoms with Gasteiger partial charge < -0.3 is 15.1 Å². The van der Waals surface area contributed by atoms with Gasteiger partial charge in [0.25, 0.3) is 11.1 Å². The van der Waals surface area contributed by atoms with E-state index in [1.54, 1.807) is 24.3 Å². The first-order chi connectivity index (χ1) is 16.1. The van der Waals surface area contributed by atoms with Crippen LogP contribution in [0.3, 0.4) is 0 Å². The first-order valence-electron chi connectivity index (χ1n) is 10.4. The van der Waals surface area contributed by atoms with E-state index >= 15 is 0 Å². The number of benzene rings is 3. The molecule has 0 fully saturated rings. The predicted octanol–water partition coefficient (Wildman–Crippen LogP) is 4.96. The Labute approximate surface area is 195 Å². The van der Waals surface area contributed by atoms with Crippen LogP contribution in [0.25, 0.3) is 11.5 Å². The molecule has 1 aromatic heterocycles. The van der Waals surface area contributed by atoms with E-state index in [4.69, 9.17) is 4.42 Å². The number of para-hydroxylation sites is 1. The molecular weight excluding hydrogens is 436 g/mol. The van der Waals surface area contributed by atoms with E-state index in [-0.39, 0.29) is 23.6 Å². The van der Waals surface area contributed by atoms with Gasteiger partial charge >= 0.3 is 0 Å². The molecule has 3 aromatic carbocycles. The van der Waals surface area contributed by atoms with E-state index in [0.29, 0.717) is 22.4 Å². The van der Waals surface area contributed by atoms with Gasteiger partial charge in [-0.2, -0.15) is 0 Å². The van der Waals surface area contributed by atoms with Gasteiger partial charge in [-0.1, -0.05) is 72.4 Å². The van der Waals surface area contributed by atoms with Crippen molar-refractivity contribution in [2.75, 3.05) is 11.1 Å². The molecule has 0 saturated carbocycles. The van der Waals surface area contributed by atoms with Crippen LogP contribution in [0.15, 0.2) is 94.6 Å². The highest BCUT2D eigenvalue weighted by molar-refractivity contribution is 7.99. The van der Waals surface area contributed by atoms with Gasteiger partial charge in [-0.25, -0.2) is 0 Å². The Morgan fingerprint density at radius 2 is 1.58 bits per heavy atom. The van der Waals surface area contributed by atoms with Crippen molar-refractivity contribution in [3.8, 4) is 11.5 Å². The van der Waals surface area contributed by atoms with Crippen LogP contribution in [-0.4, -0.2) is 27.8 Å². The van der Waals surface area contributed by atoms with Gasteiger partial charge in [0.1, 0.15) is 0 Å². The van der Waals surface area contributed by atoms with Gasteiger partial charge in [0.2, 0.25) is 11.8 Å². The zero-order valence-corrected chi connectivity index (χ0v) is 18.7. The largest absolute Gasteiger partial charge is 0.411 e. The minimum Gasteiger partial charge on any atom is -0.411 e. The van der Waals surface area contributed by atoms with Crippen LogP contribution < -0.4 is 10.6 Å². The van der Waals surface area contributed by atoms with Gasteiger partial charge in [-0.3, -0.25) is 9.59 Å². The number of nitrogens with zero attached hydrogens (tertiary/aromatic N) is 2. The highest BCUT2D eigenvalue weighted by Crippen LogP contribution is 2.23. The van der Waals surface area contributed by atoms with Crippen molar-refractivity contribution in [2.24, 2.45) is 0 Å². The molecule has 2 N–H and O–H groups in total. The Kier molecular flexibility index (Phi) is 7.16. The highest BCUT2D eigenvalue weighted by Gasteiger charge is 2.17. The molecule has 4 rings (SSSR count). The number of carbonyl (C=O) groups excluding carboxylic acids is 2. The maximum atomic E-state index is 12.8. The molecule has 1 atom stereocenters. The summed E-state index contributed by atoms with van der Waals surface area (Å²) in [7, 11) is 0. The summed E-state index contributed by atoms with van der Waals surface area (Å²) in [6.45, 7) is 1.92. The van der Waals surface area contributed by atoms with Crippen molar-refractivity contribution in [3.05, 3.63) is 96.1 Å². The van der Waals surface area contributed by atoms with Gasteiger partial charge in [-0.05, 0) is 36.8 Å². The number of anilines is 1. The summed E-state index contributed by atoms with van der Waals surface area (Å²) in [4.78, 5) is 25.4. The monoisotopic (exact) mass is 458 g/mol. The molecule has 1 unspecified atom stereocenters. The van der Waals surface area contributed by atoms with Crippen LogP contribution in [0.5, 0.6) is 0 Å². The van der Waals surface area contributed by atoms with Gasteiger partial charge in [0, 0.05) is 5.56 Å². The molecule has 0 aliphatic heterocycles. The first-order valence-corrected chi connectivity index (χ1v) is 11.3. The second kappa shape index (κ2) is 10.6. The van der Waals surface area contributed by atoms with E-state index in [1.165, 1.54) is 0 Å². The molecule has 1 heterocycles. The Hall–Kier alpha value is -3.91. The van der Waals surface area contributed by atoms with Crippen LogP contribution in [-0.2, 0) is 4.79 Å². The number of carbonyl (C=O) groups is 2. The quantitative estimate of drug-likeness (QED) is 0.362. The zero-order valence-electron chi connectivity index (χ0n) is 17.9. The number of hydrogen-bond acceptors (Lipinski definition) is 6. The fraction of sp³-hybridized carbons (Fsp3) is 0.120. The summed E-state index contributed by atoms with van der Waals surface area (Å²) in [5, 5.41) is 14.1. The zero-order chi connectivity index (χ0) is 23.0. The van der Waals surface area contributed by atoms with Crippen molar-refractivity contribution in [3.63, 3.8) is 0 Å². The van der Waals surface area contributed by atoms with Crippen molar-refractivity contribution < 1.29 is 14.0 Å². The van der Waals surface area contributed by atoms with Gasteiger partial charge in [0.15, 0.2) is 0 Å². The number of hydrogen-bond donors (Lipinski definition) is 2. The normalized spacial score (nSPS) is 11.5. The second-order valence-corrected chi connectivity index (χ2v) is 8.15. The fourth-order valence-electron chi connectivity index (χ4n) is 3.17. The van der Waals surface area contributed by atoms with Crippen LogP contribution >= 0.6 is 11.8 Å². The number of nitrogens with one attached hydrogen (secondary N) is 2. The summed E-state index contributed by atoms with van der Waals surface area (Å²) in [5.41, 5.74) is 2.64. The van der Waals surface area contributed by atoms with Crippen molar-refractivity contribution in [1.29, 1.82) is 0 Å². The van der Waals surface area contributed by atoms with E-state index in [2.05, 4.69) is 20.8 Å². The lowest BCUT2D eigenvalue weighted by Crippen LogP contribution is -2.28. The third-order valence-electron chi connectivity index (χ3n) is 4.85. The first kappa shape index (κ1) is 22.3. The van der Waals surface area contributed by atoms with E-state index in [0.717, 1.165) is 22.9 Å². The second-order valence-electron chi connectivity index (χ2n) is 7.23.